The van der Waals surface area contributed by atoms with Crippen LogP contribution in [0.3, 0.4) is 0 Å². The Morgan fingerprint density at radius 3 is 2.52 bits per heavy atom. The monoisotopic (exact) mass is 386 g/mol. The van der Waals surface area contributed by atoms with Gasteiger partial charge in [0.25, 0.3) is 0 Å². The normalized spacial score (nSPS) is 21.2. The molecule has 2 atom stereocenters. The van der Waals surface area contributed by atoms with Gasteiger partial charge in [-0.25, -0.2) is 13.2 Å². The van der Waals surface area contributed by atoms with Crippen LogP contribution in [-0.4, -0.2) is 53.3 Å². The number of unbranched alkanes of at least 4 members (excludes halogenated alkanes) is 1. The third-order valence-electron chi connectivity index (χ3n) is 4.05. The second kappa shape index (κ2) is 8.20. The Kier molecular flexibility index (Phi) is 6.47. The number of nitrogens with one attached hydrogen (secondary N) is 1. The summed E-state index contributed by atoms with van der Waals surface area (Å²) >= 11 is 4.34. The largest absolute Gasteiger partial charge is 0.478 e. The van der Waals surface area contributed by atoms with Gasteiger partial charge in [-0.15, -0.1) is 0 Å². The molecular formula is C16H22N2O5S2. The van der Waals surface area contributed by atoms with Gasteiger partial charge >= 0.3 is 5.97 Å². The van der Waals surface area contributed by atoms with Crippen molar-refractivity contribution in [3.63, 3.8) is 0 Å². The maximum Gasteiger partial charge on any atom is 0.335 e. The molecule has 2 unspecified atom stereocenters. The average Bonchev–Trinajstić information content (AvgIpc) is 2.96. The molecule has 0 aromatic heterocycles. The number of rotatable bonds is 7. The lowest BCUT2D eigenvalue weighted by molar-refractivity contribution is -0.119. The fourth-order valence-electron chi connectivity index (χ4n) is 2.70. The van der Waals surface area contributed by atoms with Crippen LogP contribution in [0, 0.1) is 0 Å². The molecule has 0 bridgehead atoms. The topological polar surface area (TPSA) is 104 Å². The Bertz CT molecular complexity index is 733. The van der Waals surface area contributed by atoms with Crippen LogP contribution in [0.2, 0.25) is 0 Å². The van der Waals surface area contributed by atoms with Gasteiger partial charge in [0.15, 0.2) is 0 Å². The molecule has 1 saturated heterocycles. The van der Waals surface area contributed by atoms with E-state index in [1.807, 2.05) is 6.92 Å². The van der Waals surface area contributed by atoms with Gasteiger partial charge in [-0.1, -0.05) is 13.3 Å². The minimum atomic E-state index is -3.51. The summed E-state index contributed by atoms with van der Waals surface area (Å²) in [4.78, 5) is 23.4. The van der Waals surface area contributed by atoms with E-state index in [-0.39, 0.29) is 23.1 Å². The van der Waals surface area contributed by atoms with Crippen molar-refractivity contribution in [1.82, 2.24) is 4.31 Å². The first-order valence-electron chi connectivity index (χ1n) is 8.06. The summed E-state index contributed by atoms with van der Waals surface area (Å²) in [6, 6.07) is 4.91. The van der Waals surface area contributed by atoms with Gasteiger partial charge in [0.1, 0.15) is 6.04 Å². The number of sulfonamides is 1. The molecule has 2 rings (SSSR count). The first kappa shape index (κ1) is 19.7. The van der Waals surface area contributed by atoms with Crippen molar-refractivity contribution in [3.05, 3.63) is 29.8 Å². The zero-order valence-electron chi connectivity index (χ0n) is 13.9. The van der Waals surface area contributed by atoms with E-state index in [2.05, 4.69) is 17.9 Å². The van der Waals surface area contributed by atoms with Crippen molar-refractivity contribution in [1.29, 1.82) is 0 Å². The fraction of sp³-hybridized carbons (Fsp3) is 0.500. The number of carbonyl (C=O) groups is 2. The van der Waals surface area contributed by atoms with E-state index in [0.29, 0.717) is 18.5 Å². The summed E-state index contributed by atoms with van der Waals surface area (Å²) in [5.74, 6) is -1.47. The van der Waals surface area contributed by atoms with E-state index in [1.54, 1.807) is 0 Å². The standard InChI is InChI=1S/C16H22N2O5S2/c1-2-3-8-25(22,23)18-10-13(24)9-14(18)15(19)17-12-6-4-11(5-7-12)16(20)21/h4-7,13-14,24H,2-3,8-10H2,1H3,(H,17,19)(H,20,21). The van der Waals surface area contributed by atoms with Crippen molar-refractivity contribution >= 4 is 40.2 Å². The van der Waals surface area contributed by atoms with Crippen molar-refractivity contribution in [2.24, 2.45) is 0 Å². The van der Waals surface area contributed by atoms with Crippen LogP contribution in [0.15, 0.2) is 24.3 Å². The first-order chi connectivity index (χ1) is 11.7. The molecule has 1 aromatic carbocycles. The van der Waals surface area contributed by atoms with E-state index in [0.717, 1.165) is 6.42 Å². The molecule has 2 N–H and O–H groups in total. The number of aromatic carboxylic acids is 1. The second-order valence-corrected chi connectivity index (χ2v) is 8.79. The Balaban J connectivity index is 2.11. The van der Waals surface area contributed by atoms with Crippen LogP contribution < -0.4 is 5.32 Å². The van der Waals surface area contributed by atoms with E-state index < -0.39 is 27.9 Å². The lowest BCUT2D eigenvalue weighted by atomic mass is 10.2. The number of benzene rings is 1. The minimum absolute atomic E-state index is 0.0150. The van der Waals surface area contributed by atoms with Crippen LogP contribution in [0.1, 0.15) is 36.5 Å². The molecule has 25 heavy (non-hydrogen) atoms. The fourth-order valence-corrected chi connectivity index (χ4v) is 5.05. The third-order valence-corrected chi connectivity index (χ3v) is 6.35. The van der Waals surface area contributed by atoms with Crippen molar-refractivity contribution in [2.75, 3.05) is 17.6 Å². The Morgan fingerprint density at radius 2 is 1.96 bits per heavy atom. The van der Waals surface area contributed by atoms with Crippen LogP contribution in [0.5, 0.6) is 0 Å². The molecule has 1 fully saturated rings. The van der Waals surface area contributed by atoms with Gasteiger partial charge in [0, 0.05) is 17.5 Å². The smallest absolute Gasteiger partial charge is 0.335 e. The molecule has 1 aliphatic heterocycles. The number of anilines is 1. The van der Waals surface area contributed by atoms with Crippen LogP contribution in [0.4, 0.5) is 5.69 Å². The van der Waals surface area contributed by atoms with Gasteiger partial charge in [-0.3, -0.25) is 4.79 Å². The number of carboxylic acids is 1. The zero-order valence-corrected chi connectivity index (χ0v) is 15.6. The highest BCUT2D eigenvalue weighted by Crippen LogP contribution is 2.27. The number of thiol groups is 1. The van der Waals surface area contributed by atoms with Gasteiger partial charge < -0.3 is 10.4 Å². The molecule has 1 aromatic rings. The van der Waals surface area contributed by atoms with E-state index in [1.165, 1.54) is 28.6 Å². The van der Waals surface area contributed by atoms with Crippen molar-refractivity contribution in [3.8, 4) is 0 Å². The number of nitrogens with zero attached hydrogens (tertiary/aromatic N) is 1. The predicted molar refractivity (Wildman–Crippen MR) is 98.6 cm³/mol. The Morgan fingerprint density at radius 1 is 1.32 bits per heavy atom. The molecule has 0 radical (unpaired) electrons. The van der Waals surface area contributed by atoms with E-state index in [9.17, 15) is 18.0 Å². The predicted octanol–water partition coefficient (Wildman–Crippen LogP) is 1.83. The quantitative estimate of drug-likeness (QED) is 0.620. The Hall–Kier alpha value is -1.58. The Labute approximate surface area is 152 Å². The van der Waals surface area contributed by atoms with Crippen molar-refractivity contribution < 1.29 is 23.1 Å². The number of amides is 1. The summed E-state index contributed by atoms with van der Waals surface area (Å²) in [7, 11) is -3.51. The number of hydrogen-bond acceptors (Lipinski definition) is 5. The van der Waals surface area contributed by atoms with Crippen molar-refractivity contribution in [2.45, 2.75) is 37.5 Å². The van der Waals surface area contributed by atoms with Gasteiger partial charge in [-0.2, -0.15) is 16.9 Å². The van der Waals surface area contributed by atoms with Gasteiger partial charge in [0.2, 0.25) is 15.9 Å². The summed E-state index contributed by atoms with van der Waals surface area (Å²) in [5, 5.41) is 11.3. The van der Waals surface area contributed by atoms with E-state index >= 15 is 0 Å². The third kappa shape index (κ3) is 4.96. The van der Waals surface area contributed by atoms with Crippen LogP contribution in [-0.2, 0) is 14.8 Å². The first-order valence-corrected chi connectivity index (χ1v) is 10.2. The molecule has 1 aliphatic rings. The maximum absolute atomic E-state index is 12.5. The van der Waals surface area contributed by atoms with E-state index in [4.69, 9.17) is 5.11 Å². The van der Waals surface area contributed by atoms with Crippen LogP contribution >= 0.6 is 12.6 Å². The molecule has 7 nitrogen and oxygen atoms in total. The summed E-state index contributed by atoms with van der Waals surface area (Å²) in [6.07, 6.45) is 1.64. The SMILES string of the molecule is CCCCS(=O)(=O)N1CC(S)CC1C(=O)Nc1ccc(C(=O)O)cc1. The molecule has 0 aliphatic carbocycles. The van der Waals surface area contributed by atoms with Gasteiger partial charge in [-0.05, 0) is 37.1 Å². The number of carboxylic acid groups (broad SMARTS) is 1. The lowest BCUT2D eigenvalue weighted by Crippen LogP contribution is -2.44. The molecule has 9 heteroatoms. The molecule has 0 saturated carbocycles. The average molecular weight is 386 g/mol. The summed E-state index contributed by atoms with van der Waals surface area (Å²) in [6.45, 7) is 2.12. The van der Waals surface area contributed by atoms with Crippen LogP contribution in [0.25, 0.3) is 0 Å². The number of hydrogen-bond donors (Lipinski definition) is 3. The maximum atomic E-state index is 12.5. The molecular weight excluding hydrogens is 364 g/mol. The molecule has 138 valence electrons. The lowest BCUT2D eigenvalue weighted by Gasteiger charge is -2.23. The highest BCUT2D eigenvalue weighted by molar-refractivity contribution is 7.89. The highest BCUT2D eigenvalue weighted by atomic mass is 32.2. The second-order valence-electron chi connectivity index (χ2n) is 6.02. The molecule has 1 heterocycles. The molecule has 1 amide bonds. The zero-order chi connectivity index (χ0) is 18.6. The molecule has 0 spiro atoms. The highest BCUT2D eigenvalue weighted by Gasteiger charge is 2.41. The minimum Gasteiger partial charge on any atom is -0.478 e. The summed E-state index contributed by atoms with van der Waals surface area (Å²) in [5.41, 5.74) is 0.529. The number of carbonyl (C=O) groups excluding carboxylic acids is 1. The summed E-state index contributed by atoms with van der Waals surface area (Å²) < 4.78 is 26.2. The van der Waals surface area contributed by atoms with Gasteiger partial charge in [0.05, 0.1) is 11.3 Å².